The number of nitriles is 2. The molecule has 0 aliphatic heterocycles. The van der Waals surface area contributed by atoms with E-state index in [0.717, 1.165) is 37.1 Å². The van der Waals surface area contributed by atoms with E-state index >= 15 is 0 Å². The Bertz CT molecular complexity index is 546. The molecule has 1 aromatic carbocycles. The van der Waals surface area contributed by atoms with Crippen LogP contribution in [0.2, 0.25) is 0 Å². The van der Waals surface area contributed by atoms with E-state index < -0.39 is 5.41 Å². The van der Waals surface area contributed by atoms with Crippen molar-refractivity contribution in [1.29, 1.82) is 10.5 Å². The normalized spacial score (nSPS) is 22.4. The van der Waals surface area contributed by atoms with Crippen molar-refractivity contribution in [3.8, 4) is 12.1 Å². The van der Waals surface area contributed by atoms with E-state index in [1.165, 1.54) is 0 Å². The van der Waals surface area contributed by atoms with Gasteiger partial charge in [0.2, 0.25) is 0 Å². The molecule has 0 heterocycles. The Balaban J connectivity index is 2.28. The first-order valence-electron chi connectivity index (χ1n) is 7.15. The first kappa shape index (κ1) is 14.3. The van der Waals surface area contributed by atoms with Crippen LogP contribution >= 0.6 is 0 Å². The van der Waals surface area contributed by atoms with Crippen molar-refractivity contribution >= 4 is 5.71 Å². The molecule has 20 heavy (non-hydrogen) atoms. The predicted octanol–water partition coefficient (Wildman–Crippen LogP) is 3.84. The van der Waals surface area contributed by atoms with E-state index in [0.29, 0.717) is 6.42 Å². The first-order valence-corrected chi connectivity index (χ1v) is 7.15. The summed E-state index contributed by atoms with van der Waals surface area (Å²) in [5, 5.41) is 19.0. The third-order valence-corrected chi connectivity index (χ3v) is 3.97. The fourth-order valence-electron chi connectivity index (χ4n) is 2.79. The second-order valence-corrected chi connectivity index (χ2v) is 5.34. The van der Waals surface area contributed by atoms with Crippen LogP contribution in [0.3, 0.4) is 0 Å². The molecular formula is C17H19N3. The summed E-state index contributed by atoms with van der Waals surface area (Å²) in [5.74, 6) is -0.0564. The molecule has 3 heteroatoms. The van der Waals surface area contributed by atoms with Crippen molar-refractivity contribution < 1.29 is 0 Å². The molecule has 1 aromatic rings. The Labute approximate surface area is 120 Å². The van der Waals surface area contributed by atoms with Crippen LogP contribution < -0.4 is 0 Å². The van der Waals surface area contributed by atoms with E-state index in [2.05, 4.69) is 24.1 Å². The zero-order chi connectivity index (χ0) is 14.4. The Hall–Kier alpha value is -2.13. The van der Waals surface area contributed by atoms with Gasteiger partial charge in [-0.2, -0.15) is 10.5 Å². The zero-order valence-electron chi connectivity index (χ0n) is 11.8. The van der Waals surface area contributed by atoms with Gasteiger partial charge in [0.1, 0.15) is 0 Å². The highest BCUT2D eigenvalue weighted by Crippen LogP contribution is 2.47. The van der Waals surface area contributed by atoms with Gasteiger partial charge in [0.05, 0.1) is 12.1 Å². The molecule has 0 radical (unpaired) electrons. The standard InChI is InChI=1S/C17H19N3/c1-2-3-9-20-15-10-16(14-7-5-4-6-8-14)17(11-15,12-18)13-19/h4-8,16H,2-3,9-11H2,1H3/t16-/m1/s1. The summed E-state index contributed by atoms with van der Waals surface area (Å²) < 4.78 is 0. The molecule has 1 aliphatic carbocycles. The maximum atomic E-state index is 9.51. The van der Waals surface area contributed by atoms with Gasteiger partial charge in [-0.15, -0.1) is 0 Å². The average Bonchev–Trinajstić information content (AvgIpc) is 2.88. The topological polar surface area (TPSA) is 59.9 Å². The van der Waals surface area contributed by atoms with Gasteiger partial charge in [-0.05, 0) is 18.4 Å². The van der Waals surface area contributed by atoms with Crippen molar-refractivity contribution in [2.75, 3.05) is 6.54 Å². The molecule has 2 rings (SSSR count). The van der Waals surface area contributed by atoms with Gasteiger partial charge in [0, 0.05) is 24.6 Å². The minimum atomic E-state index is -0.952. The minimum absolute atomic E-state index is 0.0564. The lowest BCUT2D eigenvalue weighted by atomic mass is 9.77. The summed E-state index contributed by atoms with van der Waals surface area (Å²) >= 11 is 0. The van der Waals surface area contributed by atoms with E-state index in [1.54, 1.807) is 0 Å². The Morgan fingerprint density at radius 1 is 1.25 bits per heavy atom. The van der Waals surface area contributed by atoms with Gasteiger partial charge in [0.15, 0.2) is 5.41 Å². The Kier molecular flexibility index (Phi) is 4.53. The molecule has 0 aromatic heterocycles. The van der Waals surface area contributed by atoms with Crippen LogP contribution in [0.15, 0.2) is 35.3 Å². The number of hydrogen-bond acceptors (Lipinski definition) is 3. The van der Waals surface area contributed by atoms with E-state index in [4.69, 9.17) is 0 Å². The third kappa shape index (κ3) is 2.73. The Morgan fingerprint density at radius 3 is 2.55 bits per heavy atom. The molecule has 0 N–H and O–H groups in total. The van der Waals surface area contributed by atoms with Crippen LogP contribution in [0.1, 0.15) is 44.1 Å². The summed E-state index contributed by atoms with van der Waals surface area (Å²) in [4.78, 5) is 4.59. The summed E-state index contributed by atoms with van der Waals surface area (Å²) in [6, 6.07) is 14.4. The van der Waals surface area contributed by atoms with Crippen molar-refractivity contribution in [2.24, 2.45) is 10.4 Å². The zero-order valence-corrected chi connectivity index (χ0v) is 11.8. The lowest BCUT2D eigenvalue weighted by molar-refractivity contribution is 0.478. The SMILES string of the molecule is CCCCN=C1C[C@H](c2ccccc2)C(C#N)(C#N)C1. The quantitative estimate of drug-likeness (QED) is 0.776. The molecule has 0 saturated heterocycles. The highest BCUT2D eigenvalue weighted by atomic mass is 14.8. The number of benzene rings is 1. The molecule has 3 nitrogen and oxygen atoms in total. The molecule has 1 fully saturated rings. The van der Waals surface area contributed by atoms with Crippen molar-refractivity contribution in [3.05, 3.63) is 35.9 Å². The largest absolute Gasteiger partial charge is 0.294 e. The number of unbranched alkanes of at least 4 members (excludes halogenated alkanes) is 1. The molecule has 0 bridgehead atoms. The maximum Gasteiger partial charge on any atom is 0.156 e. The van der Waals surface area contributed by atoms with Gasteiger partial charge < -0.3 is 0 Å². The molecule has 102 valence electrons. The predicted molar refractivity (Wildman–Crippen MR) is 79.3 cm³/mol. The summed E-state index contributed by atoms with van der Waals surface area (Å²) in [6.45, 7) is 2.94. The number of rotatable bonds is 4. The van der Waals surface area contributed by atoms with Gasteiger partial charge in [0.25, 0.3) is 0 Å². The van der Waals surface area contributed by atoms with Crippen LogP contribution in [0.4, 0.5) is 0 Å². The van der Waals surface area contributed by atoms with Gasteiger partial charge in [-0.1, -0.05) is 43.7 Å². The maximum absolute atomic E-state index is 9.51. The summed E-state index contributed by atoms with van der Waals surface area (Å²) in [6.07, 6.45) is 3.39. The van der Waals surface area contributed by atoms with E-state index in [1.807, 2.05) is 30.3 Å². The number of hydrogen-bond donors (Lipinski definition) is 0. The second kappa shape index (κ2) is 6.35. The van der Waals surface area contributed by atoms with Gasteiger partial charge in [-0.25, -0.2) is 0 Å². The molecule has 1 atom stereocenters. The fourth-order valence-corrected chi connectivity index (χ4v) is 2.79. The van der Waals surface area contributed by atoms with Crippen LogP contribution in [-0.2, 0) is 0 Å². The van der Waals surface area contributed by atoms with Gasteiger partial charge >= 0.3 is 0 Å². The average molecular weight is 265 g/mol. The van der Waals surface area contributed by atoms with Crippen LogP contribution in [0.25, 0.3) is 0 Å². The van der Waals surface area contributed by atoms with Crippen LogP contribution in [-0.4, -0.2) is 12.3 Å². The van der Waals surface area contributed by atoms with Crippen LogP contribution in [0, 0.1) is 28.1 Å². The highest BCUT2D eigenvalue weighted by Gasteiger charge is 2.47. The molecule has 0 amide bonds. The molecule has 0 spiro atoms. The highest BCUT2D eigenvalue weighted by molar-refractivity contribution is 5.90. The van der Waals surface area contributed by atoms with Crippen molar-refractivity contribution in [3.63, 3.8) is 0 Å². The first-order chi connectivity index (χ1) is 9.75. The van der Waals surface area contributed by atoms with Crippen molar-refractivity contribution in [1.82, 2.24) is 0 Å². The Morgan fingerprint density at radius 2 is 1.95 bits per heavy atom. The third-order valence-electron chi connectivity index (χ3n) is 3.97. The molecule has 1 saturated carbocycles. The summed E-state index contributed by atoms with van der Waals surface area (Å²) in [7, 11) is 0. The van der Waals surface area contributed by atoms with E-state index in [9.17, 15) is 10.5 Å². The lowest BCUT2D eigenvalue weighted by Gasteiger charge is -2.20. The summed E-state index contributed by atoms with van der Waals surface area (Å²) in [5.41, 5.74) is 1.14. The van der Waals surface area contributed by atoms with Gasteiger partial charge in [-0.3, -0.25) is 4.99 Å². The molecule has 0 unspecified atom stereocenters. The smallest absolute Gasteiger partial charge is 0.156 e. The molecule has 1 aliphatic rings. The number of nitrogens with zero attached hydrogens (tertiary/aromatic N) is 3. The van der Waals surface area contributed by atoms with E-state index in [-0.39, 0.29) is 5.92 Å². The van der Waals surface area contributed by atoms with Crippen molar-refractivity contribution in [2.45, 2.75) is 38.5 Å². The number of aliphatic imine (C=N–C) groups is 1. The lowest BCUT2D eigenvalue weighted by Crippen LogP contribution is -2.19. The minimum Gasteiger partial charge on any atom is -0.294 e. The monoisotopic (exact) mass is 265 g/mol. The second-order valence-electron chi connectivity index (χ2n) is 5.34. The molecular weight excluding hydrogens is 246 g/mol. The van der Waals surface area contributed by atoms with Crippen LogP contribution in [0.5, 0.6) is 0 Å². The fraction of sp³-hybridized carbons (Fsp3) is 0.471.